The number of hydrogen-bond donors (Lipinski definition) is 6. The molecule has 10 heteroatoms. The van der Waals surface area contributed by atoms with Crippen LogP contribution in [0.25, 0.3) is 0 Å². The van der Waals surface area contributed by atoms with E-state index in [9.17, 15) is 19.2 Å². The number of hydrogen-bond acceptors (Lipinski definition) is 6. The maximum Gasteiger partial charge on any atom is 0.303 e. The number of rotatable bonds is 95. The predicted octanol–water partition coefficient (Wildman–Crippen LogP) is 38.9. The quantitative estimate of drug-likeness (QED) is 0.0252. The van der Waals surface area contributed by atoms with Gasteiger partial charge in [0.05, 0.1) is 0 Å². The van der Waals surface area contributed by atoms with Crippen LogP contribution in [0.4, 0.5) is 0 Å². The van der Waals surface area contributed by atoms with Gasteiger partial charge in [-0.1, -0.05) is 538 Å². The van der Waals surface area contributed by atoms with Gasteiger partial charge in [-0.3, -0.25) is 19.2 Å². The van der Waals surface area contributed by atoms with Gasteiger partial charge in [-0.15, -0.1) is 0 Å². The van der Waals surface area contributed by atoms with Gasteiger partial charge in [-0.25, -0.2) is 0 Å². The van der Waals surface area contributed by atoms with Crippen molar-refractivity contribution in [2.75, 3.05) is 13.2 Å². The van der Waals surface area contributed by atoms with Crippen LogP contribution in [-0.2, 0) is 19.2 Å². The largest absolute Gasteiger partial charge is 0.481 e. The average Bonchev–Trinajstić information content (AvgIpc) is 0.920. The van der Waals surface area contributed by atoms with E-state index in [-0.39, 0.29) is 31.1 Å². The Labute approximate surface area is 767 Å². The molecule has 0 aliphatic heterocycles. The number of carboxylic acids is 4. The summed E-state index contributed by atoms with van der Waals surface area (Å²) in [5.41, 5.74) is 0. The summed E-state index contributed by atoms with van der Waals surface area (Å²) in [6.45, 7) is 14.4. The van der Waals surface area contributed by atoms with Crippen LogP contribution in [-0.4, -0.2) is 67.7 Å². The number of allylic oxidation sites excluding steroid dienone is 6. The van der Waals surface area contributed by atoms with E-state index in [0.29, 0.717) is 38.9 Å². The van der Waals surface area contributed by atoms with Crippen molar-refractivity contribution in [1.29, 1.82) is 0 Å². The molecule has 122 heavy (non-hydrogen) atoms. The maximum atomic E-state index is 10.8. The van der Waals surface area contributed by atoms with E-state index >= 15 is 0 Å². The Bertz CT molecular complexity index is 1990. The average molecular weight is 1740 g/mol. The lowest BCUT2D eigenvalue weighted by Gasteiger charge is -2.28. The molecule has 0 aromatic heterocycles. The molecular formula is C112H228O10. The summed E-state index contributed by atoms with van der Waals surface area (Å²) in [4.78, 5) is 42.2. The second kappa shape index (κ2) is 122. The van der Waals surface area contributed by atoms with Crippen LogP contribution in [0.2, 0.25) is 0 Å². The zero-order chi connectivity index (χ0) is 87.1. The molecule has 0 saturated carbocycles. The molecule has 0 aromatic rings. The Morgan fingerprint density at radius 2 is 0.320 bits per heavy atom. The monoisotopic (exact) mass is 1730 g/mol. The summed E-state index contributed by atoms with van der Waals surface area (Å²) in [6.07, 6.45) is 122. The molecule has 0 aliphatic rings. The highest BCUT2D eigenvalue weighted by Gasteiger charge is 2.23. The van der Waals surface area contributed by atoms with Crippen molar-refractivity contribution in [2.24, 2.45) is 23.7 Å². The molecule has 0 bridgehead atoms. The molecule has 0 aliphatic carbocycles. The molecule has 0 amide bonds. The van der Waals surface area contributed by atoms with Gasteiger partial charge in [-0.2, -0.15) is 0 Å². The smallest absolute Gasteiger partial charge is 0.303 e. The Morgan fingerprint density at radius 1 is 0.189 bits per heavy atom. The van der Waals surface area contributed by atoms with Gasteiger partial charge >= 0.3 is 23.9 Å². The molecule has 736 valence electrons. The van der Waals surface area contributed by atoms with Crippen LogP contribution in [0.3, 0.4) is 0 Å². The Hall–Kier alpha value is -2.98. The number of unbranched alkanes of at least 4 members (excludes halogenated alkanes) is 61. The fourth-order valence-electron chi connectivity index (χ4n) is 17.2. The predicted molar refractivity (Wildman–Crippen MR) is 546 cm³/mol. The van der Waals surface area contributed by atoms with Crippen molar-refractivity contribution in [2.45, 2.75) is 623 Å². The summed E-state index contributed by atoms with van der Waals surface area (Å²) in [5.74, 6) is 0.996. The third kappa shape index (κ3) is 123. The summed E-state index contributed by atoms with van der Waals surface area (Å²) >= 11 is 0. The zero-order valence-corrected chi connectivity index (χ0v) is 80.3. The Morgan fingerprint density at radius 3 is 0.492 bits per heavy atom. The molecular weight excluding hydrogens is 1510 g/mol. The van der Waals surface area contributed by atoms with Crippen LogP contribution >= 0.6 is 0 Å². The molecule has 0 spiro atoms. The SMILES string of the molecule is C.C.C.C.CCCCC/C=C\C/C=C\CCCCCCCC(=O)O.CCCCCCCC/C=C\CCCCCCCC(=O)O.CCCCCCCCCC(CCCCCCCC(=O)O)C(CCCCCCCC)CCCCCCCCC(=O)O.CCCCCCCCCC(CCCCCCCCO)C(CCCCCCCC)CCCCCCCCCO.[HH]. The van der Waals surface area contributed by atoms with Crippen molar-refractivity contribution in [3.8, 4) is 0 Å². The van der Waals surface area contributed by atoms with Gasteiger partial charge < -0.3 is 30.6 Å². The summed E-state index contributed by atoms with van der Waals surface area (Å²) in [7, 11) is 0. The second-order valence-electron chi connectivity index (χ2n) is 36.5. The third-order valence-corrected chi connectivity index (χ3v) is 24.9. The maximum absolute atomic E-state index is 10.8. The highest BCUT2D eigenvalue weighted by Crippen LogP contribution is 2.36. The van der Waals surface area contributed by atoms with Gasteiger partial charge in [0.1, 0.15) is 0 Å². The molecule has 0 saturated heterocycles. The fourth-order valence-corrected chi connectivity index (χ4v) is 17.2. The molecule has 0 rings (SSSR count). The minimum atomic E-state index is -0.671. The standard InChI is InChI=1S/C36H70O4.C36H74O2.C18H34O2.C18H32O2.4CH4.H2/c1-3-5-7-9-11-16-22-28-34(30-24-18-14-20-26-32-36(39)40)33(27-21-15-10-8-6-4-2)29-23-17-12-13-19-25-31-35(37)38;1-3-5-7-9-12-18-24-30-36(32-26-20-14-16-22-28-34-38)35(29-23-17-10-8-6-4-2)31-25-19-13-11-15-21-27-33-37;2*1-2-3-4-5-6-7-8-9-10-11-12-13-14-15-16-17-18(19)20;;;;;/h33-34H,3-32H2,1-2H3,(H,37,38)(H,39,40);35-38H,3-34H2,1-2H3;9-10H,2-8,11-17H2,1H3,(H,19,20);6-7,9-10H,2-5,8,11-17H2,1H3,(H,19,20);4*1H4;1H/b;;10-9-;7-6-,10-9-;;;;;. The molecule has 0 aromatic carbocycles. The van der Waals surface area contributed by atoms with Gasteiger partial charge in [0, 0.05) is 40.3 Å². The van der Waals surface area contributed by atoms with E-state index in [1.54, 1.807) is 0 Å². The van der Waals surface area contributed by atoms with Crippen molar-refractivity contribution in [3.63, 3.8) is 0 Å². The van der Waals surface area contributed by atoms with E-state index in [1.807, 2.05) is 0 Å². The lowest BCUT2D eigenvalue weighted by Crippen LogP contribution is -2.16. The van der Waals surface area contributed by atoms with Crippen molar-refractivity contribution in [1.82, 2.24) is 0 Å². The van der Waals surface area contributed by atoms with E-state index in [2.05, 4.69) is 78.0 Å². The van der Waals surface area contributed by atoms with Crippen LogP contribution in [0, 0.1) is 23.7 Å². The number of aliphatic hydroxyl groups is 2. The molecule has 0 heterocycles. The van der Waals surface area contributed by atoms with Gasteiger partial charge in [0.25, 0.3) is 0 Å². The number of aliphatic carboxylic acids is 4. The minimum absolute atomic E-state index is 0. The van der Waals surface area contributed by atoms with E-state index < -0.39 is 23.9 Å². The number of aliphatic hydroxyl groups excluding tert-OH is 2. The van der Waals surface area contributed by atoms with Crippen molar-refractivity contribution >= 4 is 23.9 Å². The van der Waals surface area contributed by atoms with E-state index in [1.165, 1.54) is 449 Å². The highest BCUT2D eigenvalue weighted by atomic mass is 16.4. The molecule has 0 radical (unpaired) electrons. The lowest BCUT2D eigenvalue weighted by atomic mass is 9.78. The first-order valence-electron chi connectivity index (χ1n) is 52.9. The van der Waals surface area contributed by atoms with Gasteiger partial charge in [0.2, 0.25) is 0 Å². The van der Waals surface area contributed by atoms with Crippen LogP contribution in [0.15, 0.2) is 36.5 Å². The van der Waals surface area contributed by atoms with Crippen molar-refractivity contribution < 1.29 is 51.2 Å². The van der Waals surface area contributed by atoms with Gasteiger partial charge in [0.15, 0.2) is 0 Å². The lowest BCUT2D eigenvalue weighted by molar-refractivity contribution is -0.138. The summed E-state index contributed by atoms with van der Waals surface area (Å²) < 4.78 is 0. The third-order valence-electron chi connectivity index (χ3n) is 24.9. The first-order valence-corrected chi connectivity index (χ1v) is 52.9. The molecule has 0 fully saturated rings. The Kier molecular flexibility index (Phi) is 135. The highest BCUT2D eigenvalue weighted by molar-refractivity contribution is 5.67. The minimum Gasteiger partial charge on any atom is -0.481 e. The normalized spacial score (nSPS) is 12.1. The Balaban J connectivity index is -0.000000207. The topological polar surface area (TPSA) is 190 Å². The summed E-state index contributed by atoms with van der Waals surface area (Å²) in [6, 6.07) is 0. The molecule has 4 atom stereocenters. The second-order valence-corrected chi connectivity index (χ2v) is 36.5. The fraction of sp³-hybridized carbons (Fsp3) is 0.911. The van der Waals surface area contributed by atoms with Gasteiger partial charge in [-0.05, 0) is 120 Å². The molecule has 6 N–H and O–H groups in total. The van der Waals surface area contributed by atoms with Crippen LogP contribution in [0.1, 0.15) is 625 Å². The van der Waals surface area contributed by atoms with Crippen molar-refractivity contribution in [3.05, 3.63) is 36.5 Å². The molecule has 4 unspecified atom stereocenters. The van der Waals surface area contributed by atoms with Crippen LogP contribution < -0.4 is 0 Å². The van der Waals surface area contributed by atoms with E-state index in [0.717, 1.165) is 101 Å². The van der Waals surface area contributed by atoms with Crippen LogP contribution in [0.5, 0.6) is 0 Å². The van der Waals surface area contributed by atoms with E-state index in [4.69, 9.17) is 30.6 Å². The molecule has 10 nitrogen and oxygen atoms in total. The number of carboxylic acid groups (broad SMARTS) is 4. The first-order chi connectivity index (χ1) is 57.8. The number of carbonyl (C=O) groups is 4. The summed E-state index contributed by atoms with van der Waals surface area (Å²) in [5, 5.41) is 52.8. The zero-order valence-electron chi connectivity index (χ0n) is 80.3. The first kappa shape index (κ1) is 135.